The number of carbonyl (C=O) groups excluding carboxylic acids is 1. The van der Waals surface area contributed by atoms with Crippen molar-refractivity contribution < 1.29 is 14.3 Å². The maximum absolute atomic E-state index is 13.0. The van der Waals surface area contributed by atoms with Gasteiger partial charge in [-0.1, -0.05) is 12.1 Å². The number of amides is 2. The number of nitrogens with zero attached hydrogens (tertiary/aromatic N) is 1. The number of carbonyl (C=O) groups is 1. The first kappa shape index (κ1) is 17.4. The van der Waals surface area contributed by atoms with Crippen LogP contribution in [0.5, 0.6) is 0 Å². The summed E-state index contributed by atoms with van der Waals surface area (Å²) in [6.45, 7) is 2.52. The number of aliphatic hydroxyl groups excluding tert-OH is 1. The zero-order chi connectivity index (χ0) is 15.8. The molecular weight excluding hydrogens is 273 g/mol. The molecule has 0 heterocycles. The molecule has 0 radical (unpaired) electrons. The fourth-order valence-electron chi connectivity index (χ4n) is 1.93. The van der Waals surface area contributed by atoms with Gasteiger partial charge in [0.05, 0.1) is 12.1 Å². The van der Waals surface area contributed by atoms with Gasteiger partial charge in [-0.25, -0.2) is 9.18 Å². The number of aliphatic hydroxyl groups is 1. The molecule has 5 nitrogen and oxygen atoms in total. The maximum atomic E-state index is 13.0. The molecule has 0 aliphatic heterocycles. The van der Waals surface area contributed by atoms with E-state index in [1.165, 1.54) is 12.1 Å². The fraction of sp³-hybridized carbons (Fsp3) is 0.533. The van der Waals surface area contributed by atoms with Crippen molar-refractivity contribution in [2.75, 3.05) is 27.2 Å². The second kappa shape index (κ2) is 8.59. The molecule has 0 saturated heterocycles. The van der Waals surface area contributed by atoms with Crippen LogP contribution >= 0.6 is 0 Å². The van der Waals surface area contributed by atoms with Crippen LogP contribution in [0.1, 0.15) is 24.9 Å². The molecule has 0 fully saturated rings. The van der Waals surface area contributed by atoms with E-state index in [1.54, 1.807) is 19.1 Å². The summed E-state index contributed by atoms with van der Waals surface area (Å²) in [4.78, 5) is 13.6. The van der Waals surface area contributed by atoms with Crippen molar-refractivity contribution in [3.05, 3.63) is 35.6 Å². The number of urea groups is 1. The molecule has 118 valence electrons. The molecule has 0 aliphatic rings. The lowest BCUT2D eigenvalue weighted by Gasteiger charge is -2.25. The Morgan fingerprint density at radius 1 is 1.29 bits per heavy atom. The summed E-state index contributed by atoms with van der Waals surface area (Å²) in [7, 11) is 3.81. The highest BCUT2D eigenvalue weighted by atomic mass is 19.1. The largest absolute Gasteiger partial charge is 0.393 e. The van der Waals surface area contributed by atoms with Crippen LogP contribution in [-0.4, -0.2) is 49.3 Å². The highest BCUT2D eigenvalue weighted by Crippen LogP contribution is 2.17. The highest BCUT2D eigenvalue weighted by Gasteiger charge is 2.15. The van der Waals surface area contributed by atoms with Gasteiger partial charge in [-0.2, -0.15) is 0 Å². The lowest BCUT2D eigenvalue weighted by atomic mass is 10.1. The quantitative estimate of drug-likeness (QED) is 0.714. The molecule has 21 heavy (non-hydrogen) atoms. The Morgan fingerprint density at radius 2 is 1.90 bits per heavy atom. The Hall–Kier alpha value is -1.66. The summed E-state index contributed by atoms with van der Waals surface area (Å²) in [6.07, 6.45) is 0.0849. The first-order valence-electron chi connectivity index (χ1n) is 7.01. The normalized spacial score (nSPS) is 13.8. The Morgan fingerprint density at radius 3 is 2.43 bits per heavy atom. The Kier molecular flexibility index (Phi) is 7.11. The van der Waals surface area contributed by atoms with E-state index in [-0.39, 0.29) is 17.9 Å². The molecule has 0 bridgehead atoms. The third kappa shape index (κ3) is 6.55. The van der Waals surface area contributed by atoms with E-state index in [2.05, 4.69) is 10.6 Å². The average Bonchev–Trinajstić information content (AvgIpc) is 2.40. The summed E-state index contributed by atoms with van der Waals surface area (Å²) in [5, 5.41) is 14.6. The summed E-state index contributed by atoms with van der Waals surface area (Å²) in [5.74, 6) is -0.278. The van der Waals surface area contributed by atoms with Crippen LogP contribution in [0.25, 0.3) is 0 Å². The number of nitrogens with one attached hydrogen (secondary N) is 2. The predicted molar refractivity (Wildman–Crippen MR) is 80.5 cm³/mol. The summed E-state index contributed by atoms with van der Waals surface area (Å²) < 4.78 is 13.0. The molecule has 6 heteroatoms. The first-order chi connectivity index (χ1) is 9.90. The molecule has 1 aromatic rings. The smallest absolute Gasteiger partial charge is 0.314 e. The SMILES string of the molecule is CC(O)CCNC(=O)NCC(c1ccc(F)cc1)N(C)C. The minimum atomic E-state index is -0.431. The first-order valence-corrected chi connectivity index (χ1v) is 7.01. The fourth-order valence-corrected chi connectivity index (χ4v) is 1.93. The van der Waals surface area contributed by atoms with Gasteiger partial charge >= 0.3 is 6.03 Å². The molecule has 0 aromatic heterocycles. The lowest BCUT2D eigenvalue weighted by molar-refractivity contribution is 0.183. The van der Waals surface area contributed by atoms with Crippen LogP contribution in [0, 0.1) is 5.82 Å². The second-order valence-corrected chi connectivity index (χ2v) is 5.31. The Labute approximate surface area is 125 Å². The van der Waals surface area contributed by atoms with E-state index in [0.717, 1.165) is 5.56 Å². The van der Waals surface area contributed by atoms with Gasteiger partial charge < -0.3 is 20.6 Å². The number of halogens is 1. The predicted octanol–water partition coefficient (Wildman–Crippen LogP) is 1.50. The molecule has 3 N–H and O–H groups in total. The lowest BCUT2D eigenvalue weighted by Crippen LogP contribution is -2.41. The topological polar surface area (TPSA) is 64.6 Å². The van der Waals surface area contributed by atoms with Gasteiger partial charge in [-0.15, -0.1) is 0 Å². The van der Waals surface area contributed by atoms with Gasteiger partial charge in [0.15, 0.2) is 0 Å². The van der Waals surface area contributed by atoms with Crippen molar-refractivity contribution in [2.45, 2.75) is 25.5 Å². The van der Waals surface area contributed by atoms with E-state index < -0.39 is 6.10 Å². The van der Waals surface area contributed by atoms with Crippen LogP contribution in [0.4, 0.5) is 9.18 Å². The molecule has 0 aliphatic carbocycles. The number of likely N-dealkylation sites (N-methyl/N-ethyl adjacent to an activating group) is 1. The van der Waals surface area contributed by atoms with Crippen LogP contribution in [0.3, 0.4) is 0 Å². The van der Waals surface area contributed by atoms with Gasteiger partial charge in [-0.05, 0) is 45.1 Å². The van der Waals surface area contributed by atoms with Crippen LogP contribution < -0.4 is 10.6 Å². The minimum Gasteiger partial charge on any atom is -0.393 e. The van der Waals surface area contributed by atoms with Crippen molar-refractivity contribution in [2.24, 2.45) is 0 Å². The van der Waals surface area contributed by atoms with Gasteiger partial charge in [-0.3, -0.25) is 0 Å². The molecule has 1 rings (SSSR count). The van der Waals surface area contributed by atoms with E-state index in [0.29, 0.717) is 19.5 Å². The van der Waals surface area contributed by atoms with Gasteiger partial charge in [0.2, 0.25) is 0 Å². The molecule has 2 unspecified atom stereocenters. The standard InChI is InChI=1S/C15H24FN3O2/c1-11(20)8-9-17-15(21)18-10-14(19(2)3)12-4-6-13(16)7-5-12/h4-7,11,14,20H,8-10H2,1-3H3,(H2,17,18,21). The molecule has 2 amide bonds. The third-order valence-corrected chi connectivity index (χ3v) is 3.18. The summed E-state index contributed by atoms with van der Waals surface area (Å²) in [5.41, 5.74) is 0.936. The Bertz CT molecular complexity index is 435. The second-order valence-electron chi connectivity index (χ2n) is 5.31. The maximum Gasteiger partial charge on any atom is 0.314 e. The van der Waals surface area contributed by atoms with E-state index in [1.807, 2.05) is 19.0 Å². The Balaban J connectivity index is 2.48. The number of rotatable bonds is 7. The van der Waals surface area contributed by atoms with Crippen molar-refractivity contribution in [1.82, 2.24) is 15.5 Å². The van der Waals surface area contributed by atoms with E-state index in [9.17, 15) is 9.18 Å². The van der Waals surface area contributed by atoms with Gasteiger partial charge in [0, 0.05) is 13.1 Å². The third-order valence-electron chi connectivity index (χ3n) is 3.18. The number of benzene rings is 1. The van der Waals surface area contributed by atoms with Crippen molar-refractivity contribution in [3.8, 4) is 0 Å². The van der Waals surface area contributed by atoms with Crippen molar-refractivity contribution >= 4 is 6.03 Å². The molecule has 0 saturated carbocycles. The summed E-state index contributed by atoms with van der Waals surface area (Å²) in [6, 6.07) is 5.95. The van der Waals surface area contributed by atoms with Crippen LogP contribution in [-0.2, 0) is 0 Å². The number of hydrogen-bond acceptors (Lipinski definition) is 3. The van der Waals surface area contributed by atoms with Gasteiger partial charge in [0.1, 0.15) is 5.82 Å². The van der Waals surface area contributed by atoms with Gasteiger partial charge in [0.25, 0.3) is 0 Å². The van der Waals surface area contributed by atoms with E-state index >= 15 is 0 Å². The summed E-state index contributed by atoms with van der Waals surface area (Å²) >= 11 is 0. The molecular formula is C15H24FN3O2. The number of hydrogen-bond donors (Lipinski definition) is 3. The molecule has 0 spiro atoms. The van der Waals surface area contributed by atoms with Crippen molar-refractivity contribution in [1.29, 1.82) is 0 Å². The zero-order valence-corrected chi connectivity index (χ0v) is 12.8. The van der Waals surface area contributed by atoms with Crippen LogP contribution in [0.15, 0.2) is 24.3 Å². The average molecular weight is 297 g/mol. The van der Waals surface area contributed by atoms with Crippen LogP contribution in [0.2, 0.25) is 0 Å². The molecule has 1 aromatic carbocycles. The monoisotopic (exact) mass is 297 g/mol. The minimum absolute atomic E-state index is 0.0342. The highest BCUT2D eigenvalue weighted by molar-refractivity contribution is 5.73. The van der Waals surface area contributed by atoms with E-state index in [4.69, 9.17) is 5.11 Å². The molecule has 2 atom stereocenters. The zero-order valence-electron chi connectivity index (χ0n) is 12.8. The van der Waals surface area contributed by atoms with Crippen molar-refractivity contribution in [3.63, 3.8) is 0 Å².